The minimum atomic E-state index is -0.522. The van der Waals surface area contributed by atoms with Gasteiger partial charge < -0.3 is 4.74 Å². The molecule has 0 aliphatic rings. The van der Waals surface area contributed by atoms with Crippen LogP contribution in [-0.4, -0.2) is 15.9 Å². The molecule has 0 atom stereocenters. The van der Waals surface area contributed by atoms with E-state index in [1.807, 2.05) is 12.4 Å². The highest BCUT2D eigenvalue weighted by atomic mass is 19.1. The molecular formula is C30H37FN2O2. The van der Waals surface area contributed by atoms with E-state index in [2.05, 4.69) is 23.8 Å². The second-order valence-electron chi connectivity index (χ2n) is 9.11. The highest BCUT2D eigenvalue weighted by Gasteiger charge is 2.12. The van der Waals surface area contributed by atoms with Crippen LogP contribution < -0.4 is 4.74 Å². The molecule has 2 aromatic carbocycles. The van der Waals surface area contributed by atoms with Gasteiger partial charge >= 0.3 is 5.97 Å². The Hall–Kier alpha value is -3.08. The average Bonchev–Trinajstić information content (AvgIpc) is 2.88. The number of carbonyl (C=O) groups excluding carboxylic acids is 1. The summed E-state index contributed by atoms with van der Waals surface area (Å²) in [6.07, 6.45) is 16.0. The summed E-state index contributed by atoms with van der Waals surface area (Å²) < 4.78 is 19.8. The first kappa shape index (κ1) is 26.5. The Labute approximate surface area is 209 Å². The van der Waals surface area contributed by atoms with Gasteiger partial charge in [-0.25, -0.2) is 19.2 Å². The van der Waals surface area contributed by atoms with E-state index in [4.69, 9.17) is 4.74 Å². The van der Waals surface area contributed by atoms with Gasteiger partial charge in [-0.2, -0.15) is 0 Å². The van der Waals surface area contributed by atoms with Crippen LogP contribution in [0, 0.1) is 5.82 Å². The van der Waals surface area contributed by atoms with E-state index < -0.39 is 5.97 Å². The van der Waals surface area contributed by atoms with Crippen LogP contribution in [0.5, 0.6) is 5.75 Å². The lowest BCUT2D eigenvalue weighted by atomic mass is 10.1. The van der Waals surface area contributed by atoms with Crippen LogP contribution in [0.1, 0.15) is 93.1 Å². The van der Waals surface area contributed by atoms with Crippen molar-refractivity contribution < 1.29 is 13.9 Å². The fourth-order valence-electron chi connectivity index (χ4n) is 4.02. The van der Waals surface area contributed by atoms with E-state index in [-0.39, 0.29) is 11.6 Å². The van der Waals surface area contributed by atoms with Crippen LogP contribution in [-0.2, 0) is 12.8 Å². The van der Waals surface area contributed by atoms with Gasteiger partial charge in [0.25, 0.3) is 0 Å². The minimum Gasteiger partial charge on any atom is -0.423 e. The van der Waals surface area contributed by atoms with Crippen LogP contribution in [0.15, 0.2) is 54.9 Å². The summed E-state index contributed by atoms with van der Waals surface area (Å²) in [6, 6.07) is 11.6. The van der Waals surface area contributed by atoms with Crippen LogP contribution in [0.25, 0.3) is 11.4 Å². The number of unbranched alkanes of at least 4 members (excludes halogenated alkanes) is 7. The summed E-state index contributed by atoms with van der Waals surface area (Å²) in [5, 5.41) is 0. The highest BCUT2D eigenvalue weighted by Crippen LogP contribution is 2.21. The number of aromatic nitrogens is 2. The molecule has 4 nitrogen and oxygen atoms in total. The fourth-order valence-corrected chi connectivity index (χ4v) is 4.02. The van der Waals surface area contributed by atoms with Gasteiger partial charge in [0.2, 0.25) is 0 Å². The Morgan fingerprint density at radius 2 is 1.43 bits per heavy atom. The predicted molar refractivity (Wildman–Crippen MR) is 139 cm³/mol. The molecule has 35 heavy (non-hydrogen) atoms. The summed E-state index contributed by atoms with van der Waals surface area (Å²) >= 11 is 0. The topological polar surface area (TPSA) is 52.1 Å². The lowest BCUT2D eigenvalue weighted by molar-refractivity contribution is 0.0734. The molecule has 0 aliphatic heterocycles. The number of carbonyl (C=O) groups is 1. The first-order valence-electron chi connectivity index (χ1n) is 13.0. The Kier molecular flexibility index (Phi) is 10.9. The van der Waals surface area contributed by atoms with Crippen molar-refractivity contribution in [3.63, 3.8) is 0 Å². The van der Waals surface area contributed by atoms with Crippen molar-refractivity contribution in [2.45, 2.75) is 84.5 Å². The van der Waals surface area contributed by atoms with Gasteiger partial charge in [0, 0.05) is 24.0 Å². The summed E-state index contributed by atoms with van der Waals surface area (Å²) in [7, 11) is 0. The average molecular weight is 477 g/mol. The zero-order chi connectivity index (χ0) is 24.9. The number of benzene rings is 2. The van der Waals surface area contributed by atoms with Crippen molar-refractivity contribution in [2.24, 2.45) is 0 Å². The zero-order valence-electron chi connectivity index (χ0n) is 21.1. The Morgan fingerprint density at radius 3 is 2.09 bits per heavy atom. The molecule has 0 saturated heterocycles. The van der Waals surface area contributed by atoms with Crippen LogP contribution in [0.3, 0.4) is 0 Å². The van der Waals surface area contributed by atoms with Gasteiger partial charge in [0.15, 0.2) is 5.82 Å². The van der Waals surface area contributed by atoms with E-state index in [0.29, 0.717) is 23.4 Å². The fraction of sp³-hybridized carbons (Fsp3) is 0.433. The van der Waals surface area contributed by atoms with Crippen LogP contribution >= 0.6 is 0 Å². The molecule has 0 radical (unpaired) electrons. The van der Waals surface area contributed by atoms with Crippen molar-refractivity contribution in [1.29, 1.82) is 0 Å². The predicted octanol–water partition coefficient (Wildman–Crippen LogP) is 8.14. The number of aryl methyl sites for hydroxylation is 2. The molecule has 5 heteroatoms. The number of ether oxygens (including phenoxy) is 1. The molecular weight excluding hydrogens is 439 g/mol. The summed E-state index contributed by atoms with van der Waals surface area (Å²) in [5.41, 5.74) is 3.02. The molecule has 0 aliphatic carbocycles. The van der Waals surface area contributed by atoms with Gasteiger partial charge in [-0.1, -0.05) is 77.0 Å². The third-order valence-electron chi connectivity index (χ3n) is 6.19. The molecule has 3 rings (SSSR count). The lowest BCUT2D eigenvalue weighted by Crippen LogP contribution is -2.09. The summed E-state index contributed by atoms with van der Waals surface area (Å²) in [6.45, 7) is 4.37. The monoisotopic (exact) mass is 476 g/mol. The van der Waals surface area contributed by atoms with E-state index in [1.165, 1.54) is 31.7 Å². The number of hydrogen-bond donors (Lipinski definition) is 0. The Bertz CT molecular complexity index is 1050. The number of rotatable bonds is 14. The molecule has 0 amide bonds. The van der Waals surface area contributed by atoms with Gasteiger partial charge in [-0.05, 0) is 55.0 Å². The first-order chi connectivity index (χ1) is 17.1. The highest BCUT2D eigenvalue weighted by molar-refractivity contribution is 5.91. The summed E-state index contributed by atoms with van der Waals surface area (Å²) in [4.78, 5) is 21.5. The zero-order valence-corrected chi connectivity index (χ0v) is 21.1. The largest absolute Gasteiger partial charge is 0.423 e. The van der Waals surface area contributed by atoms with Crippen molar-refractivity contribution >= 4 is 5.97 Å². The SMILES string of the molecule is CCCCCCCc1cnc(-c2ccc(C(=O)Oc3ccc(CCCCCC)c(F)c3)cc2)nc1. The molecule has 3 aromatic rings. The van der Waals surface area contributed by atoms with Crippen LogP contribution in [0.4, 0.5) is 4.39 Å². The third kappa shape index (κ3) is 8.57. The third-order valence-corrected chi connectivity index (χ3v) is 6.19. The molecule has 0 N–H and O–H groups in total. The smallest absolute Gasteiger partial charge is 0.343 e. The maximum atomic E-state index is 14.4. The maximum Gasteiger partial charge on any atom is 0.343 e. The Morgan fingerprint density at radius 1 is 0.800 bits per heavy atom. The number of hydrogen-bond acceptors (Lipinski definition) is 4. The van der Waals surface area contributed by atoms with Crippen molar-refractivity contribution in [3.8, 4) is 17.1 Å². The standard InChI is InChI=1S/C30H37FN2O2/c1-3-5-7-9-10-12-23-21-32-29(33-22-23)25-14-16-26(17-15-25)30(34)35-27-19-18-24(28(31)20-27)13-11-8-6-4-2/h14-22H,3-13H2,1-2H3. The van der Waals surface area contributed by atoms with Gasteiger partial charge in [-0.15, -0.1) is 0 Å². The van der Waals surface area contributed by atoms with Crippen molar-refractivity contribution in [3.05, 3.63) is 77.4 Å². The number of halogens is 1. The quantitative estimate of drug-likeness (QED) is 0.134. The van der Waals surface area contributed by atoms with Gasteiger partial charge in [-0.3, -0.25) is 0 Å². The van der Waals surface area contributed by atoms with E-state index >= 15 is 0 Å². The second kappa shape index (κ2) is 14.3. The normalized spacial score (nSPS) is 10.9. The number of esters is 1. The molecule has 0 saturated carbocycles. The molecule has 0 spiro atoms. The minimum absolute atomic E-state index is 0.211. The van der Waals surface area contributed by atoms with Crippen molar-refractivity contribution in [2.75, 3.05) is 0 Å². The first-order valence-corrected chi connectivity index (χ1v) is 13.0. The molecule has 1 heterocycles. The second-order valence-corrected chi connectivity index (χ2v) is 9.11. The van der Waals surface area contributed by atoms with E-state index in [1.54, 1.807) is 36.4 Å². The van der Waals surface area contributed by atoms with Gasteiger partial charge in [0.05, 0.1) is 5.56 Å². The van der Waals surface area contributed by atoms with E-state index in [9.17, 15) is 9.18 Å². The molecule has 0 fully saturated rings. The van der Waals surface area contributed by atoms with E-state index in [0.717, 1.165) is 49.7 Å². The lowest BCUT2D eigenvalue weighted by Gasteiger charge is -2.08. The molecule has 186 valence electrons. The molecule has 1 aromatic heterocycles. The van der Waals surface area contributed by atoms with Crippen molar-refractivity contribution in [1.82, 2.24) is 9.97 Å². The number of nitrogens with zero attached hydrogens (tertiary/aromatic N) is 2. The molecule has 0 bridgehead atoms. The van der Waals surface area contributed by atoms with Crippen LogP contribution in [0.2, 0.25) is 0 Å². The molecule has 0 unspecified atom stereocenters. The summed E-state index contributed by atoms with van der Waals surface area (Å²) in [5.74, 6) is -0.0200. The van der Waals surface area contributed by atoms with Gasteiger partial charge in [0.1, 0.15) is 11.6 Å². The Balaban J connectivity index is 1.53. The maximum absolute atomic E-state index is 14.4.